The average Bonchev–Trinajstić information content (AvgIpc) is 2.84. The number of benzene rings is 3. The Labute approximate surface area is 179 Å². The molecule has 0 aliphatic rings. The number of nitro benzene ring substituents is 1. The molecule has 0 saturated heterocycles. The highest BCUT2D eigenvalue weighted by Gasteiger charge is 2.15. The first-order valence-corrected chi connectivity index (χ1v) is 9.64. The second-order valence-electron chi connectivity index (χ2n) is 6.87. The van der Waals surface area contributed by atoms with Crippen LogP contribution in [-0.2, 0) is 0 Å². The molecule has 4 aromatic rings. The van der Waals surface area contributed by atoms with Gasteiger partial charge in [0.25, 0.3) is 5.69 Å². The number of pyridine rings is 1. The number of hydrogen-bond donors (Lipinski definition) is 0. The van der Waals surface area contributed by atoms with E-state index >= 15 is 0 Å². The van der Waals surface area contributed by atoms with Gasteiger partial charge in [-0.25, -0.2) is 4.98 Å². The molecule has 3 aromatic carbocycles. The van der Waals surface area contributed by atoms with Crippen molar-refractivity contribution < 1.29 is 14.4 Å². The maximum Gasteiger partial charge on any atom is 0.270 e. The van der Waals surface area contributed by atoms with Crippen LogP contribution in [0.15, 0.2) is 84.9 Å². The molecule has 6 nitrogen and oxygen atoms in total. The van der Waals surface area contributed by atoms with E-state index in [9.17, 15) is 10.1 Å². The lowest BCUT2D eigenvalue weighted by Gasteiger charge is -2.14. The summed E-state index contributed by atoms with van der Waals surface area (Å²) in [7, 11) is 3.23. The van der Waals surface area contributed by atoms with E-state index in [1.54, 1.807) is 20.3 Å². The van der Waals surface area contributed by atoms with Crippen molar-refractivity contribution in [1.29, 1.82) is 0 Å². The molecule has 0 bridgehead atoms. The third kappa shape index (κ3) is 4.23. The summed E-state index contributed by atoms with van der Waals surface area (Å²) in [5.74, 6) is 1.39. The van der Waals surface area contributed by atoms with Crippen molar-refractivity contribution in [3.63, 3.8) is 0 Å². The van der Waals surface area contributed by atoms with Crippen molar-refractivity contribution in [1.82, 2.24) is 4.98 Å². The molecular formula is C25H20N2O4. The van der Waals surface area contributed by atoms with Crippen LogP contribution >= 0.6 is 0 Å². The lowest BCUT2D eigenvalue weighted by atomic mass is 9.99. The predicted octanol–water partition coefficient (Wildman–Crippen LogP) is 6.01. The topological polar surface area (TPSA) is 74.5 Å². The highest BCUT2D eigenvalue weighted by Crippen LogP contribution is 2.37. The molecule has 1 heterocycles. The third-order valence-electron chi connectivity index (χ3n) is 4.97. The summed E-state index contributed by atoms with van der Waals surface area (Å²) in [6.45, 7) is 0. The van der Waals surface area contributed by atoms with Gasteiger partial charge in [0.2, 0.25) is 0 Å². The van der Waals surface area contributed by atoms with Crippen molar-refractivity contribution >= 4 is 5.69 Å². The van der Waals surface area contributed by atoms with Gasteiger partial charge in [0.1, 0.15) is 11.5 Å². The Bertz CT molecular complexity index is 1240. The van der Waals surface area contributed by atoms with Crippen molar-refractivity contribution in [2.75, 3.05) is 14.2 Å². The number of ether oxygens (including phenoxy) is 2. The van der Waals surface area contributed by atoms with Crippen LogP contribution in [0.1, 0.15) is 0 Å². The molecule has 6 heteroatoms. The zero-order valence-corrected chi connectivity index (χ0v) is 17.1. The number of aromatic nitrogens is 1. The molecule has 0 radical (unpaired) electrons. The summed E-state index contributed by atoms with van der Waals surface area (Å²) in [4.78, 5) is 15.7. The fourth-order valence-electron chi connectivity index (χ4n) is 3.41. The van der Waals surface area contributed by atoms with Crippen LogP contribution in [0, 0.1) is 10.1 Å². The van der Waals surface area contributed by atoms with E-state index in [4.69, 9.17) is 14.5 Å². The number of nitrogens with zero attached hydrogens (tertiary/aromatic N) is 2. The second kappa shape index (κ2) is 8.67. The minimum absolute atomic E-state index is 0.0184. The Hall–Kier alpha value is -4.19. The molecule has 1 aromatic heterocycles. The van der Waals surface area contributed by atoms with E-state index < -0.39 is 4.92 Å². The highest BCUT2D eigenvalue weighted by molar-refractivity contribution is 5.80. The van der Waals surface area contributed by atoms with Crippen molar-refractivity contribution in [2.24, 2.45) is 0 Å². The number of nitro groups is 1. The van der Waals surface area contributed by atoms with Crippen molar-refractivity contribution in [3.8, 4) is 45.1 Å². The molecule has 0 atom stereocenters. The van der Waals surface area contributed by atoms with Crippen LogP contribution in [0.5, 0.6) is 11.5 Å². The molecule has 0 amide bonds. The molecule has 0 spiro atoms. The van der Waals surface area contributed by atoms with Crippen LogP contribution < -0.4 is 9.47 Å². The van der Waals surface area contributed by atoms with E-state index in [0.717, 1.165) is 22.4 Å². The van der Waals surface area contributed by atoms with Gasteiger partial charge in [-0.1, -0.05) is 42.5 Å². The fraction of sp³-hybridized carbons (Fsp3) is 0.0800. The van der Waals surface area contributed by atoms with Gasteiger partial charge in [-0.05, 0) is 35.9 Å². The molecule has 0 saturated carbocycles. The summed E-state index contributed by atoms with van der Waals surface area (Å²) < 4.78 is 11.0. The summed E-state index contributed by atoms with van der Waals surface area (Å²) in [6.07, 6.45) is 0. The summed E-state index contributed by atoms with van der Waals surface area (Å²) in [6, 6.07) is 25.8. The minimum atomic E-state index is -0.406. The molecule has 0 unspecified atom stereocenters. The van der Waals surface area contributed by atoms with Crippen LogP contribution in [0.3, 0.4) is 0 Å². The molecule has 154 valence electrons. The van der Waals surface area contributed by atoms with Gasteiger partial charge in [0, 0.05) is 28.8 Å². The maximum atomic E-state index is 11.3. The van der Waals surface area contributed by atoms with Crippen LogP contribution in [0.2, 0.25) is 0 Å². The molecule has 0 aliphatic heterocycles. The van der Waals surface area contributed by atoms with Crippen molar-refractivity contribution in [3.05, 3.63) is 95.0 Å². The Kier molecular flexibility index (Phi) is 5.62. The number of non-ortho nitro benzene ring substituents is 1. The van der Waals surface area contributed by atoms with Gasteiger partial charge in [-0.3, -0.25) is 10.1 Å². The van der Waals surface area contributed by atoms with E-state index in [1.807, 2.05) is 66.7 Å². The Morgan fingerprint density at radius 2 is 1.45 bits per heavy atom. The molecule has 0 N–H and O–H groups in total. The first-order valence-electron chi connectivity index (χ1n) is 9.64. The number of rotatable bonds is 6. The molecule has 31 heavy (non-hydrogen) atoms. The van der Waals surface area contributed by atoms with Crippen LogP contribution in [0.4, 0.5) is 5.69 Å². The monoisotopic (exact) mass is 412 g/mol. The quantitative estimate of drug-likeness (QED) is 0.286. The van der Waals surface area contributed by atoms with Gasteiger partial charge < -0.3 is 9.47 Å². The largest absolute Gasteiger partial charge is 0.497 e. The van der Waals surface area contributed by atoms with Gasteiger partial charge in [0.15, 0.2) is 0 Å². The van der Waals surface area contributed by atoms with E-state index in [1.165, 1.54) is 12.1 Å². The molecule has 0 fully saturated rings. The summed E-state index contributed by atoms with van der Waals surface area (Å²) >= 11 is 0. The molecule has 0 aliphatic carbocycles. The predicted molar refractivity (Wildman–Crippen MR) is 120 cm³/mol. The van der Waals surface area contributed by atoms with Gasteiger partial charge in [-0.15, -0.1) is 0 Å². The average molecular weight is 412 g/mol. The minimum Gasteiger partial charge on any atom is -0.497 e. The molecule has 4 rings (SSSR count). The van der Waals surface area contributed by atoms with Gasteiger partial charge in [0.05, 0.1) is 30.5 Å². The Balaban J connectivity index is 1.96. The Morgan fingerprint density at radius 1 is 0.742 bits per heavy atom. The van der Waals surface area contributed by atoms with Gasteiger partial charge >= 0.3 is 0 Å². The Morgan fingerprint density at radius 3 is 2.13 bits per heavy atom. The standard InChI is InChI=1S/C25H20N2O4/c1-30-21-11-12-25(31-2)22(16-21)19-14-23(17-7-4-3-5-8-17)26-24(15-19)18-9-6-10-20(13-18)27(28)29/h3-16H,1-2H3. The maximum absolute atomic E-state index is 11.3. The smallest absolute Gasteiger partial charge is 0.270 e. The number of methoxy groups -OCH3 is 2. The number of hydrogen-bond acceptors (Lipinski definition) is 5. The second-order valence-corrected chi connectivity index (χ2v) is 6.87. The van der Waals surface area contributed by atoms with Crippen LogP contribution in [-0.4, -0.2) is 24.1 Å². The van der Waals surface area contributed by atoms with E-state index in [2.05, 4.69) is 0 Å². The third-order valence-corrected chi connectivity index (χ3v) is 4.97. The van der Waals surface area contributed by atoms with Crippen LogP contribution in [0.25, 0.3) is 33.6 Å². The highest BCUT2D eigenvalue weighted by atomic mass is 16.6. The van der Waals surface area contributed by atoms with Crippen molar-refractivity contribution in [2.45, 2.75) is 0 Å². The SMILES string of the molecule is COc1ccc(OC)c(-c2cc(-c3ccccc3)nc(-c3cccc([N+](=O)[O-])c3)c2)c1. The lowest BCUT2D eigenvalue weighted by molar-refractivity contribution is -0.384. The van der Waals surface area contributed by atoms with E-state index in [-0.39, 0.29) is 5.69 Å². The summed E-state index contributed by atoms with van der Waals surface area (Å²) in [5.41, 5.74) is 4.71. The normalized spacial score (nSPS) is 10.5. The van der Waals surface area contributed by atoms with E-state index in [0.29, 0.717) is 22.8 Å². The zero-order chi connectivity index (χ0) is 21.8. The zero-order valence-electron chi connectivity index (χ0n) is 17.1. The fourth-order valence-corrected chi connectivity index (χ4v) is 3.41. The first-order chi connectivity index (χ1) is 15.1. The molecular weight excluding hydrogens is 392 g/mol. The summed E-state index contributed by atoms with van der Waals surface area (Å²) in [5, 5.41) is 11.3. The van der Waals surface area contributed by atoms with Gasteiger partial charge in [-0.2, -0.15) is 0 Å². The lowest BCUT2D eigenvalue weighted by Crippen LogP contribution is -1.95. The first kappa shape index (κ1) is 20.1.